The van der Waals surface area contributed by atoms with Crippen LogP contribution in [0, 0.1) is 11.8 Å². The molecule has 1 amide bonds. The van der Waals surface area contributed by atoms with Crippen LogP contribution in [0.25, 0.3) is 10.9 Å². The van der Waals surface area contributed by atoms with Gasteiger partial charge in [0.1, 0.15) is 0 Å². The van der Waals surface area contributed by atoms with Gasteiger partial charge in [0.25, 0.3) is 5.91 Å². The third kappa shape index (κ3) is 1.81. The number of fused-ring (bicyclic) bond motifs is 2. The largest absolute Gasteiger partial charge is 0.333 e. The van der Waals surface area contributed by atoms with Gasteiger partial charge >= 0.3 is 0 Å². The Hall–Kier alpha value is -1.88. The highest BCUT2D eigenvalue weighted by atomic mass is 16.2. The van der Waals surface area contributed by atoms with Crippen molar-refractivity contribution in [2.24, 2.45) is 11.8 Å². The minimum Gasteiger partial charge on any atom is -0.333 e. The van der Waals surface area contributed by atoms with Gasteiger partial charge in [0.15, 0.2) is 5.69 Å². The number of aromatic amines is 1. The molecule has 114 valence electrons. The summed E-state index contributed by atoms with van der Waals surface area (Å²) in [7, 11) is 0. The summed E-state index contributed by atoms with van der Waals surface area (Å²) in [4.78, 5) is 17.8. The van der Waals surface area contributed by atoms with Gasteiger partial charge in [0.2, 0.25) is 0 Å². The topological polar surface area (TPSA) is 52.2 Å². The Morgan fingerprint density at radius 1 is 1.09 bits per heavy atom. The first-order valence-corrected chi connectivity index (χ1v) is 8.24. The Labute approximate surface area is 129 Å². The summed E-state index contributed by atoms with van der Waals surface area (Å²) in [6.07, 6.45) is 2.46. The molecular formula is C17H20N4O. The van der Waals surface area contributed by atoms with Crippen molar-refractivity contribution in [2.75, 3.05) is 26.2 Å². The fourth-order valence-corrected chi connectivity index (χ4v) is 4.80. The molecule has 4 aliphatic rings. The van der Waals surface area contributed by atoms with Crippen LogP contribution in [0.5, 0.6) is 0 Å². The summed E-state index contributed by atoms with van der Waals surface area (Å²) in [5, 5.41) is 8.25. The number of hydrogen-bond donors (Lipinski definition) is 1. The SMILES string of the molecule is O=C(c1n[nH]c2ccccc12)N1CC2CC3CC1CN(C3)C2. The molecule has 0 aliphatic carbocycles. The number of amides is 1. The summed E-state index contributed by atoms with van der Waals surface area (Å²) in [6.45, 7) is 4.34. The van der Waals surface area contributed by atoms with E-state index in [9.17, 15) is 4.79 Å². The second-order valence-electron chi connectivity index (χ2n) is 7.15. The maximum absolute atomic E-state index is 13.1. The fourth-order valence-electron chi connectivity index (χ4n) is 4.80. The van der Waals surface area contributed by atoms with Crippen LogP contribution < -0.4 is 0 Å². The Balaban J connectivity index is 1.52. The lowest BCUT2D eigenvalue weighted by Crippen LogP contribution is -2.50. The Morgan fingerprint density at radius 3 is 2.86 bits per heavy atom. The van der Waals surface area contributed by atoms with Crippen molar-refractivity contribution < 1.29 is 4.79 Å². The fraction of sp³-hybridized carbons (Fsp3) is 0.529. The smallest absolute Gasteiger partial charge is 0.275 e. The highest BCUT2D eigenvalue weighted by molar-refractivity contribution is 6.04. The lowest BCUT2D eigenvalue weighted by Gasteiger charge is -2.41. The minimum absolute atomic E-state index is 0.108. The monoisotopic (exact) mass is 296 g/mol. The van der Waals surface area contributed by atoms with E-state index in [1.165, 1.54) is 19.4 Å². The van der Waals surface area contributed by atoms with Crippen molar-refractivity contribution in [3.63, 3.8) is 0 Å². The number of piperidine rings is 2. The van der Waals surface area contributed by atoms with E-state index in [1.807, 2.05) is 24.3 Å². The average Bonchev–Trinajstić information content (AvgIpc) is 2.85. The van der Waals surface area contributed by atoms with Gasteiger partial charge in [0.05, 0.1) is 5.52 Å². The molecular weight excluding hydrogens is 276 g/mol. The molecule has 4 saturated heterocycles. The molecule has 0 saturated carbocycles. The van der Waals surface area contributed by atoms with Gasteiger partial charge in [-0.2, -0.15) is 5.10 Å². The quantitative estimate of drug-likeness (QED) is 0.872. The lowest BCUT2D eigenvalue weighted by molar-refractivity contribution is 0.0570. The van der Waals surface area contributed by atoms with E-state index >= 15 is 0 Å². The van der Waals surface area contributed by atoms with Crippen molar-refractivity contribution in [1.82, 2.24) is 20.0 Å². The first-order valence-electron chi connectivity index (χ1n) is 8.24. The van der Waals surface area contributed by atoms with Crippen molar-refractivity contribution in [2.45, 2.75) is 18.9 Å². The first kappa shape index (κ1) is 12.6. The van der Waals surface area contributed by atoms with Crippen molar-refractivity contribution in [3.8, 4) is 0 Å². The molecule has 5 nitrogen and oxygen atoms in total. The van der Waals surface area contributed by atoms with E-state index in [0.717, 1.165) is 36.5 Å². The highest BCUT2D eigenvalue weighted by Gasteiger charge is 2.43. The molecule has 4 fully saturated rings. The summed E-state index contributed by atoms with van der Waals surface area (Å²) in [5.41, 5.74) is 1.53. The van der Waals surface area contributed by atoms with E-state index in [0.29, 0.717) is 17.7 Å². The maximum Gasteiger partial charge on any atom is 0.275 e. The third-order valence-corrected chi connectivity index (χ3v) is 5.60. The average molecular weight is 296 g/mol. The predicted molar refractivity (Wildman–Crippen MR) is 83.6 cm³/mol. The summed E-state index contributed by atoms with van der Waals surface area (Å²) in [5.74, 6) is 1.53. The van der Waals surface area contributed by atoms with E-state index in [-0.39, 0.29) is 5.91 Å². The second kappa shape index (κ2) is 4.56. The Bertz CT molecular complexity index is 725. The number of carbonyl (C=O) groups excluding carboxylic acids is 1. The normalized spacial score (nSPS) is 33.4. The number of aromatic nitrogens is 2. The molecule has 0 radical (unpaired) electrons. The number of hydrogen-bond acceptors (Lipinski definition) is 3. The van der Waals surface area contributed by atoms with Crippen LogP contribution in [0.4, 0.5) is 0 Å². The van der Waals surface area contributed by atoms with Crippen molar-refractivity contribution in [1.29, 1.82) is 0 Å². The molecule has 4 aliphatic heterocycles. The minimum atomic E-state index is 0.108. The summed E-state index contributed by atoms with van der Waals surface area (Å²) >= 11 is 0. The number of H-pyrrole nitrogens is 1. The molecule has 4 bridgehead atoms. The van der Waals surface area contributed by atoms with E-state index in [1.54, 1.807) is 0 Å². The second-order valence-corrected chi connectivity index (χ2v) is 7.15. The molecule has 1 aromatic carbocycles. The zero-order chi connectivity index (χ0) is 14.7. The standard InChI is InChI=1S/C17H20N4O/c22-17(16-14-3-1-2-4-15(14)18-19-16)21-9-12-5-11-6-13(21)10-20(7-11)8-12/h1-4,11-13H,5-10H2,(H,18,19). The van der Waals surface area contributed by atoms with Gasteiger partial charge in [-0.3, -0.25) is 9.89 Å². The first-order chi connectivity index (χ1) is 10.8. The summed E-state index contributed by atoms with van der Waals surface area (Å²) < 4.78 is 0. The molecule has 4 atom stereocenters. The number of benzene rings is 1. The molecule has 2 aromatic rings. The van der Waals surface area contributed by atoms with Gasteiger partial charge in [-0.15, -0.1) is 0 Å². The number of para-hydroxylation sites is 1. The van der Waals surface area contributed by atoms with E-state index in [2.05, 4.69) is 20.0 Å². The molecule has 5 heterocycles. The van der Waals surface area contributed by atoms with E-state index < -0.39 is 0 Å². The van der Waals surface area contributed by atoms with Gasteiger partial charge in [-0.25, -0.2) is 0 Å². The number of nitrogens with zero attached hydrogens (tertiary/aromatic N) is 3. The van der Waals surface area contributed by atoms with Gasteiger partial charge in [0, 0.05) is 37.6 Å². The number of nitrogens with one attached hydrogen (secondary N) is 1. The molecule has 1 N–H and O–H groups in total. The Morgan fingerprint density at radius 2 is 1.95 bits per heavy atom. The van der Waals surface area contributed by atoms with Gasteiger partial charge < -0.3 is 9.80 Å². The van der Waals surface area contributed by atoms with Crippen molar-refractivity contribution >= 4 is 16.8 Å². The van der Waals surface area contributed by atoms with Crippen LogP contribution in [0.1, 0.15) is 23.3 Å². The Kier molecular flexibility index (Phi) is 2.62. The number of rotatable bonds is 1. The molecule has 0 spiro atoms. The molecule has 22 heavy (non-hydrogen) atoms. The molecule has 1 aromatic heterocycles. The van der Waals surface area contributed by atoms with Crippen LogP contribution in [0.3, 0.4) is 0 Å². The maximum atomic E-state index is 13.1. The summed E-state index contributed by atoms with van der Waals surface area (Å²) in [6, 6.07) is 8.26. The van der Waals surface area contributed by atoms with Crippen LogP contribution in [-0.4, -0.2) is 58.1 Å². The van der Waals surface area contributed by atoms with Crippen LogP contribution in [0.15, 0.2) is 24.3 Å². The van der Waals surface area contributed by atoms with Crippen LogP contribution >= 0.6 is 0 Å². The zero-order valence-corrected chi connectivity index (χ0v) is 12.5. The van der Waals surface area contributed by atoms with Crippen LogP contribution in [-0.2, 0) is 0 Å². The molecule has 6 rings (SSSR count). The molecule has 5 heteroatoms. The zero-order valence-electron chi connectivity index (χ0n) is 12.5. The van der Waals surface area contributed by atoms with Crippen molar-refractivity contribution in [3.05, 3.63) is 30.0 Å². The third-order valence-electron chi connectivity index (χ3n) is 5.60. The number of carbonyl (C=O) groups is 1. The molecule has 4 unspecified atom stereocenters. The van der Waals surface area contributed by atoms with Gasteiger partial charge in [-0.05, 0) is 30.7 Å². The lowest BCUT2D eigenvalue weighted by atomic mass is 9.84. The predicted octanol–water partition coefficient (Wildman–Crippen LogP) is 1.73. The van der Waals surface area contributed by atoms with E-state index in [4.69, 9.17) is 0 Å². The highest BCUT2D eigenvalue weighted by Crippen LogP contribution is 2.37. The van der Waals surface area contributed by atoms with Crippen LogP contribution in [0.2, 0.25) is 0 Å². The van der Waals surface area contributed by atoms with Gasteiger partial charge in [-0.1, -0.05) is 18.2 Å².